The zero-order valence-electron chi connectivity index (χ0n) is 14.9. The van der Waals surface area contributed by atoms with E-state index in [9.17, 15) is 4.79 Å². The molecule has 2 rings (SSSR count). The van der Waals surface area contributed by atoms with E-state index in [-0.39, 0.29) is 18.1 Å². The molecule has 1 N–H and O–H groups in total. The smallest absolute Gasteiger partial charge is 0.271 e. The van der Waals surface area contributed by atoms with Crippen molar-refractivity contribution in [3.63, 3.8) is 0 Å². The van der Waals surface area contributed by atoms with Crippen molar-refractivity contribution < 1.29 is 14.3 Å². The largest absolute Gasteiger partial charge is 0.379 e. The number of carbonyl (C=O) groups is 1. The summed E-state index contributed by atoms with van der Waals surface area (Å²) in [6.45, 7) is 6.48. The summed E-state index contributed by atoms with van der Waals surface area (Å²) in [7, 11) is 3.97. The van der Waals surface area contributed by atoms with Crippen molar-refractivity contribution in [2.75, 3.05) is 33.9 Å². The maximum Gasteiger partial charge on any atom is 0.271 e. The van der Waals surface area contributed by atoms with Crippen LogP contribution in [0.25, 0.3) is 0 Å². The van der Waals surface area contributed by atoms with Gasteiger partial charge in [-0.1, -0.05) is 11.6 Å². The molecule has 1 fully saturated rings. The lowest BCUT2D eigenvalue weighted by Gasteiger charge is -2.31. The Labute approximate surface area is 147 Å². The number of allylic oxidation sites excluding steroid dienone is 1. The maximum atomic E-state index is 12.5. The number of amides is 1. The van der Waals surface area contributed by atoms with Gasteiger partial charge in [-0.25, -0.2) is 4.98 Å². The second-order valence-electron chi connectivity index (χ2n) is 6.46. The summed E-state index contributed by atoms with van der Waals surface area (Å²) in [5.41, 5.74) is 1.69. The van der Waals surface area contributed by atoms with Gasteiger partial charge in [-0.3, -0.25) is 4.79 Å². The topological polar surface area (TPSA) is 63.7 Å². The zero-order chi connectivity index (χ0) is 17.5. The average molecular weight is 353 g/mol. The summed E-state index contributed by atoms with van der Waals surface area (Å²) in [6.07, 6.45) is 2.65. The van der Waals surface area contributed by atoms with Crippen molar-refractivity contribution in [1.82, 2.24) is 15.2 Å². The number of hydrogen-bond donors (Lipinski definition) is 1. The first kappa shape index (κ1) is 19.1. The van der Waals surface area contributed by atoms with Crippen molar-refractivity contribution in [2.45, 2.75) is 39.0 Å². The molecule has 1 aliphatic heterocycles. The van der Waals surface area contributed by atoms with E-state index in [2.05, 4.69) is 10.3 Å². The van der Waals surface area contributed by atoms with Gasteiger partial charge in [0.2, 0.25) is 0 Å². The Balaban J connectivity index is 1.92. The van der Waals surface area contributed by atoms with Crippen LogP contribution in [0.2, 0.25) is 0 Å². The molecule has 0 aromatic carbocycles. The molecule has 2 atom stereocenters. The van der Waals surface area contributed by atoms with Crippen molar-refractivity contribution >= 4 is 17.2 Å². The molecule has 6 nitrogen and oxygen atoms in total. The molecule has 2 heterocycles. The van der Waals surface area contributed by atoms with E-state index in [0.717, 1.165) is 18.0 Å². The highest BCUT2D eigenvalue weighted by Gasteiger charge is 2.28. The van der Waals surface area contributed by atoms with Crippen molar-refractivity contribution in [3.8, 4) is 0 Å². The third kappa shape index (κ3) is 5.98. The van der Waals surface area contributed by atoms with Crippen LogP contribution >= 0.6 is 11.3 Å². The van der Waals surface area contributed by atoms with Crippen LogP contribution in [0.5, 0.6) is 0 Å². The fraction of sp³-hybridized carbons (Fsp3) is 0.647. The Kier molecular flexibility index (Phi) is 7.36. The molecule has 0 radical (unpaired) electrons. The number of aromatic nitrogens is 1. The van der Waals surface area contributed by atoms with E-state index in [1.807, 2.05) is 44.3 Å². The molecule has 1 aromatic rings. The van der Waals surface area contributed by atoms with Crippen LogP contribution in [0.15, 0.2) is 17.0 Å². The van der Waals surface area contributed by atoms with Crippen molar-refractivity contribution in [2.24, 2.45) is 0 Å². The van der Waals surface area contributed by atoms with Gasteiger partial charge in [0.05, 0.1) is 19.3 Å². The van der Waals surface area contributed by atoms with Crippen LogP contribution in [0.3, 0.4) is 0 Å². The molecule has 0 unspecified atom stereocenters. The molecule has 0 saturated carbocycles. The Hall–Kier alpha value is -1.28. The van der Waals surface area contributed by atoms with Gasteiger partial charge in [-0.15, -0.1) is 11.3 Å². The Bertz CT molecular complexity index is 567. The zero-order valence-corrected chi connectivity index (χ0v) is 15.7. The van der Waals surface area contributed by atoms with Crippen LogP contribution in [0, 0.1) is 0 Å². The third-order valence-electron chi connectivity index (χ3n) is 3.66. The van der Waals surface area contributed by atoms with E-state index in [0.29, 0.717) is 25.5 Å². The molecule has 24 heavy (non-hydrogen) atoms. The maximum absolute atomic E-state index is 12.5. The lowest BCUT2D eigenvalue weighted by molar-refractivity contribution is -0.0589. The summed E-state index contributed by atoms with van der Waals surface area (Å²) in [6, 6.07) is -0.0455. The summed E-state index contributed by atoms with van der Waals surface area (Å²) in [5, 5.41) is 5.81. The third-order valence-corrected chi connectivity index (χ3v) is 4.49. The summed E-state index contributed by atoms with van der Waals surface area (Å²) in [4.78, 5) is 18.9. The highest BCUT2D eigenvalue weighted by atomic mass is 32.1. The van der Waals surface area contributed by atoms with Crippen LogP contribution in [-0.2, 0) is 16.0 Å². The van der Waals surface area contributed by atoms with Gasteiger partial charge in [-0.05, 0) is 34.4 Å². The van der Waals surface area contributed by atoms with Gasteiger partial charge in [0.25, 0.3) is 5.91 Å². The van der Waals surface area contributed by atoms with Gasteiger partial charge < -0.3 is 19.7 Å². The minimum absolute atomic E-state index is 0.0455. The quantitative estimate of drug-likeness (QED) is 0.761. The summed E-state index contributed by atoms with van der Waals surface area (Å²) in [5.74, 6) is -0.140. The molecule has 0 spiro atoms. The molecular weight excluding hydrogens is 326 g/mol. The molecule has 1 saturated heterocycles. The molecule has 7 heteroatoms. The SMILES string of the molecule is CC(C)=CCO[C@@H]1COCC[C@H]1NC(=O)c1csc(CN(C)C)n1. The van der Waals surface area contributed by atoms with Gasteiger partial charge in [0, 0.05) is 18.5 Å². The molecule has 0 bridgehead atoms. The fourth-order valence-corrected chi connectivity index (χ4v) is 3.27. The first-order chi connectivity index (χ1) is 11.5. The summed E-state index contributed by atoms with van der Waals surface area (Å²) < 4.78 is 11.3. The van der Waals surface area contributed by atoms with Gasteiger partial charge in [0.15, 0.2) is 0 Å². The van der Waals surface area contributed by atoms with E-state index in [1.54, 1.807) is 0 Å². The lowest BCUT2D eigenvalue weighted by Crippen LogP contribution is -2.50. The van der Waals surface area contributed by atoms with Crippen molar-refractivity contribution in [3.05, 3.63) is 27.7 Å². The predicted molar refractivity (Wildman–Crippen MR) is 95.4 cm³/mol. The van der Waals surface area contributed by atoms with E-state index in [4.69, 9.17) is 9.47 Å². The molecule has 0 aliphatic carbocycles. The molecule has 1 amide bonds. The number of ether oxygens (including phenoxy) is 2. The van der Waals surface area contributed by atoms with Gasteiger partial charge in [0.1, 0.15) is 16.8 Å². The van der Waals surface area contributed by atoms with Crippen LogP contribution in [0.1, 0.15) is 35.8 Å². The van der Waals surface area contributed by atoms with Crippen LogP contribution in [-0.4, -0.2) is 61.9 Å². The minimum Gasteiger partial charge on any atom is -0.379 e. The molecule has 1 aliphatic rings. The number of hydrogen-bond acceptors (Lipinski definition) is 6. The Morgan fingerprint density at radius 1 is 1.54 bits per heavy atom. The van der Waals surface area contributed by atoms with E-state index < -0.39 is 0 Å². The minimum atomic E-state index is -0.140. The molecular formula is C17H27N3O3S. The number of rotatable bonds is 7. The molecule has 1 aromatic heterocycles. The average Bonchev–Trinajstić information content (AvgIpc) is 2.96. The Morgan fingerprint density at radius 2 is 2.33 bits per heavy atom. The fourth-order valence-electron chi connectivity index (χ4n) is 2.38. The lowest BCUT2D eigenvalue weighted by atomic mass is 10.1. The monoisotopic (exact) mass is 353 g/mol. The highest BCUT2D eigenvalue weighted by Crippen LogP contribution is 2.15. The van der Waals surface area contributed by atoms with E-state index in [1.165, 1.54) is 16.9 Å². The standard InChI is InChI=1S/C17H27N3O3S/c1-12(2)5-8-23-15-10-22-7-6-13(15)19-17(21)14-11-24-16(18-14)9-20(3)4/h5,11,13,15H,6-10H2,1-4H3,(H,19,21)/t13-,15-/m1/s1. The number of carbonyl (C=O) groups excluding carboxylic acids is 1. The second kappa shape index (κ2) is 9.27. The van der Waals surface area contributed by atoms with E-state index >= 15 is 0 Å². The first-order valence-corrected chi connectivity index (χ1v) is 9.06. The summed E-state index contributed by atoms with van der Waals surface area (Å²) >= 11 is 1.51. The Morgan fingerprint density at radius 3 is 3.04 bits per heavy atom. The van der Waals surface area contributed by atoms with Crippen LogP contribution in [0.4, 0.5) is 0 Å². The number of nitrogens with one attached hydrogen (secondary N) is 1. The molecule has 134 valence electrons. The van der Waals surface area contributed by atoms with Crippen LogP contribution < -0.4 is 5.32 Å². The van der Waals surface area contributed by atoms with Gasteiger partial charge in [-0.2, -0.15) is 0 Å². The van der Waals surface area contributed by atoms with Gasteiger partial charge >= 0.3 is 0 Å². The predicted octanol–water partition coefficient (Wildman–Crippen LogP) is 2.07. The normalized spacial score (nSPS) is 20.9. The number of thiazole rings is 1. The highest BCUT2D eigenvalue weighted by molar-refractivity contribution is 7.09. The second-order valence-corrected chi connectivity index (χ2v) is 7.40. The van der Waals surface area contributed by atoms with Crippen molar-refractivity contribution in [1.29, 1.82) is 0 Å². The first-order valence-electron chi connectivity index (χ1n) is 8.18. The number of nitrogens with zero attached hydrogens (tertiary/aromatic N) is 2.